The first kappa shape index (κ1) is 22.1. The Morgan fingerprint density at radius 2 is 1.87 bits per heavy atom. The minimum Gasteiger partial charge on any atom is -0.372 e. The number of aromatic nitrogens is 2. The number of piperidine rings is 1. The number of amides is 2. The van der Waals surface area contributed by atoms with Crippen molar-refractivity contribution in [1.29, 1.82) is 0 Å². The molecule has 2 heterocycles. The van der Waals surface area contributed by atoms with Crippen LogP contribution in [0.1, 0.15) is 46.0 Å². The van der Waals surface area contributed by atoms with Gasteiger partial charge < -0.3 is 10.2 Å². The summed E-state index contributed by atoms with van der Waals surface area (Å²) in [7, 11) is 0. The van der Waals surface area contributed by atoms with Crippen molar-refractivity contribution in [3.8, 4) is 0 Å². The molecule has 2 aliphatic rings. The molecule has 9 heteroatoms. The van der Waals surface area contributed by atoms with E-state index in [1.54, 1.807) is 4.90 Å². The van der Waals surface area contributed by atoms with Crippen LogP contribution in [0.3, 0.4) is 0 Å². The summed E-state index contributed by atoms with van der Waals surface area (Å²) in [5.74, 6) is 1.06. The molecular formula is C22H29N5O2S2. The second-order valence-electron chi connectivity index (χ2n) is 8.25. The summed E-state index contributed by atoms with van der Waals surface area (Å²) in [4.78, 5) is 28.7. The van der Waals surface area contributed by atoms with Crippen LogP contribution in [0.25, 0.3) is 0 Å². The van der Waals surface area contributed by atoms with Crippen molar-refractivity contribution in [2.75, 3.05) is 34.0 Å². The normalized spacial score (nSPS) is 16.9. The van der Waals surface area contributed by atoms with E-state index in [0.29, 0.717) is 15.9 Å². The van der Waals surface area contributed by atoms with Crippen molar-refractivity contribution < 1.29 is 9.59 Å². The molecule has 2 fully saturated rings. The summed E-state index contributed by atoms with van der Waals surface area (Å²) < 4.78 is 0.703. The van der Waals surface area contributed by atoms with Gasteiger partial charge in [-0.1, -0.05) is 36.9 Å². The average molecular weight is 460 g/mol. The quantitative estimate of drug-likeness (QED) is 0.465. The summed E-state index contributed by atoms with van der Waals surface area (Å²) >= 11 is 2.73. The van der Waals surface area contributed by atoms with Gasteiger partial charge in [-0.2, -0.15) is 0 Å². The van der Waals surface area contributed by atoms with Crippen LogP contribution in [0.5, 0.6) is 0 Å². The van der Waals surface area contributed by atoms with Gasteiger partial charge in [0.15, 0.2) is 4.34 Å². The minimum absolute atomic E-state index is 0.0787. The van der Waals surface area contributed by atoms with E-state index in [9.17, 15) is 9.59 Å². The SMILES string of the molecule is CCC(=O)N(c1nnc(SCC(=O)Nc2ccc(N3CCC(C)CC3)cc2)s1)C1CC1. The van der Waals surface area contributed by atoms with Gasteiger partial charge in [0.2, 0.25) is 16.9 Å². The molecule has 0 unspecified atom stereocenters. The minimum atomic E-state index is -0.0787. The molecule has 1 aliphatic carbocycles. The summed E-state index contributed by atoms with van der Waals surface area (Å²) in [6.07, 6.45) is 4.95. The molecule has 166 valence electrons. The molecule has 1 aromatic heterocycles. The van der Waals surface area contributed by atoms with Gasteiger partial charge in [-0.3, -0.25) is 14.5 Å². The van der Waals surface area contributed by atoms with E-state index >= 15 is 0 Å². The highest BCUT2D eigenvalue weighted by atomic mass is 32.2. The zero-order valence-corrected chi connectivity index (χ0v) is 19.7. The Bertz CT molecular complexity index is 905. The van der Waals surface area contributed by atoms with Gasteiger partial charge in [0.25, 0.3) is 0 Å². The van der Waals surface area contributed by atoms with E-state index < -0.39 is 0 Å². The van der Waals surface area contributed by atoms with Crippen molar-refractivity contribution in [3.63, 3.8) is 0 Å². The van der Waals surface area contributed by atoms with Crippen molar-refractivity contribution in [2.45, 2.75) is 56.3 Å². The third kappa shape index (κ3) is 5.77. The molecule has 1 saturated carbocycles. The fourth-order valence-electron chi connectivity index (χ4n) is 3.67. The van der Waals surface area contributed by atoms with E-state index in [2.05, 4.69) is 39.5 Å². The summed E-state index contributed by atoms with van der Waals surface area (Å²) in [5.41, 5.74) is 2.01. The Balaban J connectivity index is 1.27. The lowest BCUT2D eigenvalue weighted by Gasteiger charge is -2.32. The number of carbonyl (C=O) groups excluding carboxylic acids is 2. The molecule has 0 spiro atoms. The van der Waals surface area contributed by atoms with Crippen LogP contribution < -0.4 is 15.1 Å². The molecule has 1 aromatic carbocycles. The van der Waals surface area contributed by atoms with E-state index in [1.807, 2.05) is 19.1 Å². The number of benzene rings is 1. The zero-order chi connectivity index (χ0) is 21.8. The van der Waals surface area contributed by atoms with E-state index in [1.165, 1.54) is 41.6 Å². The Morgan fingerprint density at radius 3 is 2.52 bits per heavy atom. The molecule has 2 amide bonds. The molecule has 1 aliphatic heterocycles. The molecule has 1 saturated heterocycles. The maximum Gasteiger partial charge on any atom is 0.234 e. The van der Waals surface area contributed by atoms with Gasteiger partial charge in [0.05, 0.1) is 5.75 Å². The van der Waals surface area contributed by atoms with Gasteiger partial charge in [0, 0.05) is 36.9 Å². The maximum atomic E-state index is 12.4. The number of nitrogens with zero attached hydrogens (tertiary/aromatic N) is 4. The predicted molar refractivity (Wildman–Crippen MR) is 127 cm³/mol. The fraction of sp³-hybridized carbons (Fsp3) is 0.545. The Hall–Kier alpha value is -2.13. The van der Waals surface area contributed by atoms with Crippen molar-refractivity contribution in [2.24, 2.45) is 5.92 Å². The number of nitrogens with one attached hydrogen (secondary N) is 1. The molecule has 0 atom stereocenters. The molecule has 31 heavy (non-hydrogen) atoms. The molecule has 4 rings (SSSR count). The van der Waals surface area contributed by atoms with Gasteiger partial charge in [-0.25, -0.2) is 0 Å². The van der Waals surface area contributed by atoms with E-state index in [0.717, 1.165) is 37.5 Å². The smallest absolute Gasteiger partial charge is 0.234 e. The van der Waals surface area contributed by atoms with Crippen LogP contribution in [0, 0.1) is 5.92 Å². The van der Waals surface area contributed by atoms with Crippen molar-refractivity contribution in [1.82, 2.24) is 10.2 Å². The number of carbonyl (C=O) groups is 2. The second-order valence-corrected chi connectivity index (χ2v) is 10.4. The Morgan fingerprint density at radius 1 is 1.16 bits per heavy atom. The molecule has 7 nitrogen and oxygen atoms in total. The highest BCUT2D eigenvalue weighted by Gasteiger charge is 2.35. The van der Waals surface area contributed by atoms with Gasteiger partial charge in [-0.05, 0) is 55.9 Å². The summed E-state index contributed by atoms with van der Waals surface area (Å²) in [6.45, 7) is 6.35. The first-order valence-corrected chi connectivity index (χ1v) is 12.8. The largest absolute Gasteiger partial charge is 0.372 e. The fourth-order valence-corrected chi connectivity index (χ4v) is 5.40. The lowest BCUT2D eigenvalue weighted by molar-refractivity contribution is -0.118. The second kappa shape index (κ2) is 9.99. The summed E-state index contributed by atoms with van der Waals surface area (Å²) in [6, 6.07) is 8.34. The highest BCUT2D eigenvalue weighted by Crippen LogP contribution is 2.36. The van der Waals surface area contributed by atoms with Crippen LogP contribution in [-0.4, -0.2) is 46.9 Å². The molecular weight excluding hydrogens is 430 g/mol. The predicted octanol–water partition coefficient (Wildman–Crippen LogP) is 4.41. The first-order valence-electron chi connectivity index (χ1n) is 11.0. The Kier molecular flexibility index (Phi) is 7.12. The van der Waals surface area contributed by atoms with Crippen LogP contribution in [0.15, 0.2) is 28.6 Å². The standard InChI is InChI=1S/C22H29N5O2S2/c1-3-20(29)27(18-8-9-18)21-24-25-22(31-21)30-14-19(28)23-16-4-6-17(7-5-16)26-12-10-15(2)11-13-26/h4-7,15,18H,3,8-14H2,1-2H3,(H,23,28). The highest BCUT2D eigenvalue weighted by molar-refractivity contribution is 8.01. The van der Waals surface area contributed by atoms with Crippen LogP contribution in [0.4, 0.5) is 16.5 Å². The molecule has 0 radical (unpaired) electrons. The van der Waals surface area contributed by atoms with Crippen LogP contribution >= 0.6 is 23.1 Å². The maximum absolute atomic E-state index is 12.4. The molecule has 2 aromatic rings. The monoisotopic (exact) mass is 459 g/mol. The third-order valence-electron chi connectivity index (χ3n) is 5.71. The van der Waals surface area contributed by atoms with Crippen molar-refractivity contribution in [3.05, 3.63) is 24.3 Å². The van der Waals surface area contributed by atoms with Crippen LogP contribution in [-0.2, 0) is 9.59 Å². The third-order valence-corrected chi connectivity index (χ3v) is 7.77. The van der Waals surface area contributed by atoms with Crippen LogP contribution in [0.2, 0.25) is 0 Å². The Labute approximate surface area is 191 Å². The van der Waals surface area contributed by atoms with Crippen molar-refractivity contribution >= 4 is 51.4 Å². The topological polar surface area (TPSA) is 78.4 Å². The number of hydrogen-bond acceptors (Lipinski definition) is 7. The van der Waals surface area contributed by atoms with Gasteiger partial charge >= 0.3 is 0 Å². The van der Waals surface area contributed by atoms with E-state index in [4.69, 9.17) is 0 Å². The van der Waals surface area contributed by atoms with Gasteiger partial charge in [0.1, 0.15) is 0 Å². The first-order chi connectivity index (χ1) is 15.0. The number of anilines is 3. The molecule has 1 N–H and O–H groups in total. The number of thioether (sulfide) groups is 1. The number of rotatable bonds is 8. The lowest BCUT2D eigenvalue weighted by atomic mass is 9.99. The molecule has 0 bridgehead atoms. The van der Waals surface area contributed by atoms with Gasteiger partial charge in [-0.15, -0.1) is 10.2 Å². The number of hydrogen-bond donors (Lipinski definition) is 1. The van der Waals surface area contributed by atoms with E-state index in [-0.39, 0.29) is 23.6 Å². The average Bonchev–Trinajstić information content (AvgIpc) is 3.50. The zero-order valence-electron chi connectivity index (χ0n) is 18.0. The lowest BCUT2D eigenvalue weighted by Crippen LogP contribution is -2.32. The summed E-state index contributed by atoms with van der Waals surface area (Å²) in [5, 5.41) is 11.9.